The Labute approximate surface area is 112 Å². The highest BCUT2D eigenvalue weighted by Gasteiger charge is 2.06. The van der Waals surface area contributed by atoms with Crippen LogP contribution in [-0.2, 0) is 0 Å². The Bertz CT molecular complexity index is 576. The number of benzene rings is 1. The standard InChI is InChI=1S/C15H17N3O/c1-10-9-13(7-8-17-10)15(19)18-14-5-3-12(4-6-14)11(2)16/h3-9,11H,16H2,1-2H3,(H,18,19). The lowest BCUT2D eigenvalue weighted by atomic mass is 10.1. The van der Waals surface area contributed by atoms with Gasteiger partial charge in [-0.1, -0.05) is 12.1 Å². The highest BCUT2D eigenvalue weighted by Crippen LogP contribution is 2.15. The molecule has 4 nitrogen and oxygen atoms in total. The second-order valence-corrected chi connectivity index (χ2v) is 4.55. The van der Waals surface area contributed by atoms with E-state index >= 15 is 0 Å². The molecule has 0 bridgehead atoms. The normalized spacial score (nSPS) is 11.9. The lowest BCUT2D eigenvalue weighted by Crippen LogP contribution is -2.12. The molecule has 4 heteroatoms. The van der Waals surface area contributed by atoms with Crippen molar-refractivity contribution >= 4 is 11.6 Å². The quantitative estimate of drug-likeness (QED) is 0.886. The Balaban J connectivity index is 2.10. The van der Waals surface area contributed by atoms with Crippen molar-refractivity contribution in [2.45, 2.75) is 19.9 Å². The van der Waals surface area contributed by atoms with Crippen LogP contribution in [0.4, 0.5) is 5.69 Å². The third-order valence-electron chi connectivity index (χ3n) is 2.85. The lowest BCUT2D eigenvalue weighted by Gasteiger charge is -2.08. The van der Waals surface area contributed by atoms with Crippen LogP contribution in [0.5, 0.6) is 0 Å². The van der Waals surface area contributed by atoms with E-state index in [1.807, 2.05) is 38.1 Å². The number of pyridine rings is 1. The summed E-state index contributed by atoms with van der Waals surface area (Å²) in [5.41, 5.74) is 8.99. The van der Waals surface area contributed by atoms with Crippen molar-refractivity contribution in [2.24, 2.45) is 5.73 Å². The molecule has 0 aliphatic rings. The SMILES string of the molecule is Cc1cc(C(=O)Nc2ccc(C(C)N)cc2)ccn1. The van der Waals surface area contributed by atoms with Crippen LogP contribution >= 0.6 is 0 Å². The Hall–Kier alpha value is -2.20. The summed E-state index contributed by atoms with van der Waals surface area (Å²) in [5.74, 6) is -0.140. The van der Waals surface area contributed by atoms with Gasteiger partial charge in [0, 0.05) is 29.2 Å². The Morgan fingerprint density at radius 1 is 1.26 bits per heavy atom. The number of amides is 1. The number of aromatic nitrogens is 1. The van der Waals surface area contributed by atoms with E-state index in [2.05, 4.69) is 10.3 Å². The molecule has 19 heavy (non-hydrogen) atoms. The van der Waals surface area contributed by atoms with Gasteiger partial charge in [-0.25, -0.2) is 0 Å². The molecule has 0 saturated carbocycles. The number of hydrogen-bond donors (Lipinski definition) is 2. The van der Waals surface area contributed by atoms with E-state index in [1.165, 1.54) is 0 Å². The van der Waals surface area contributed by atoms with Gasteiger partial charge in [-0.3, -0.25) is 9.78 Å². The monoisotopic (exact) mass is 255 g/mol. The van der Waals surface area contributed by atoms with Gasteiger partial charge in [0.15, 0.2) is 0 Å². The topological polar surface area (TPSA) is 68.0 Å². The molecule has 0 aliphatic carbocycles. The number of anilines is 1. The van der Waals surface area contributed by atoms with Gasteiger partial charge in [0.25, 0.3) is 5.91 Å². The average molecular weight is 255 g/mol. The molecule has 3 N–H and O–H groups in total. The maximum atomic E-state index is 12.0. The molecule has 1 heterocycles. The van der Waals surface area contributed by atoms with Gasteiger partial charge in [0.1, 0.15) is 0 Å². The molecular weight excluding hydrogens is 238 g/mol. The van der Waals surface area contributed by atoms with Crippen LogP contribution in [0.15, 0.2) is 42.6 Å². The summed E-state index contributed by atoms with van der Waals surface area (Å²) in [7, 11) is 0. The Morgan fingerprint density at radius 3 is 2.53 bits per heavy atom. The molecule has 1 aromatic heterocycles. The zero-order chi connectivity index (χ0) is 13.8. The van der Waals surface area contributed by atoms with E-state index in [0.29, 0.717) is 5.56 Å². The molecule has 1 atom stereocenters. The minimum absolute atomic E-state index is 0.00685. The second-order valence-electron chi connectivity index (χ2n) is 4.55. The minimum atomic E-state index is -0.140. The van der Waals surface area contributed by atoms with Crippen molar-refractivity contribution in [1.82, 2.24) is 4.98 Å². The van der Waals surface area contributed by atoms with Crippen molar-refractivity contribution in [1.29, 1.82) is 0 Å². The zero-order valence-electron chi connectivity index (χ0n) is 11.1. The summed E-state index contributed by atoms with van der Waals surface area (Å²) in [6.45, 7) is 3.78. The summed E-state index contributed by atoms with van der Waals surface area (Å²) in [4.78, 5) is 16.1. The smallest absolute Gasteiger partial charge is 0.255 e. The molecule has 0 aliphatic heterocycles. The first-order chi connectivity index (χ1) is 9.06. The van der Waals surface area contributed by atoms with E-state index in [-0.39, 0.29) is 11.9 Å². The third-order valence-corrected chi connectivity index (χ3v) is 2.85. The van der Waals surface area contributed by atoms with Crippen molar-refractivity contribution in [3.05, 3.63) is 59.4 Å². The predicted octanol–water partition coefficient (Wildman–Crippen LogP) is 2.66. The molecule has 0 fully saturated rings. The highest BCUT2D eigenvalue weighted by molar-refractivity contribution is 6.04. The van der Waals surface area contributed by atoms with E-state index in [9.17, 15) is 4.79 Å². The van der Waals surface area contributed by atoms with E-state index in [0.717, 1.165) is 16.9 Å². The maximum absolute atomic E-state index is 12.0. The fraction of sp³-hybridized carbons (Fsp3) is 0.200. The van der Waals surface area contributed by atoms with Crippen molar-refractivity contribution < 1.29 is 4.79 Å². The van der Waals surface area contributed by atoms with Gasteiger partial charge >= 0.3 is 0 Å². The van der Waals surface area contributed by atoms with Gasteiger partial charge in [-0.2, -0.15) is 0 Å². The van der Waals surface area contributed by atoms with Crippen molar-refractivity contribution in [3.63, 3.8) is 0 Å². The number of carbonyl (C=O) groups excluding carboxylic acids is 1. The maximum Gasteiger partial charge on any atom is 0.255 e. The first-order valence-corrected chi connectivity index (χ1v) is 6.16. The van der Waals surface area contributed by atoms with Crippen LogP contribution in [-0.4, -0.2) is 10.9 Å². The summed E-state index contributed by atoms with van der Waals surface area (Å²) in [6, 6.07) is 11.0. The van der Waals surface area contributed by atoms with Crippen LogP contribution in [0.25, 0.3) is 0 Å². The number of nitrogens with zero attached hydrogens (tertiary/aromatic N) is 1. The summed E-state index contributed by atoms with van der Waals surface area (Å²) in [5, 5.41) is 2.84. The fourth-order valence-electron chi connectivity index (χ4n) is 1.76. The number of aryl methyl sites for hydroxylation is 1. The molecule has 2 aromatic rings. The van der Waals surface area contributed by atoms with Gasteiger partial charge in [0.05, 0.1) is 0 Å². The van der Waals surface area contributed by atoms with Crippen LogP contribution in [0.3, 0.4) is 0 Å². The third kappa shape index (κ3) is 3.39. The summed E-state index contributed by atoms with van der Waals surface area (Å²) >= 11 is 0. The second kappa shape index (κ2) is 5.63. The molecule has 1 aromatic carbocycles. The Kier molecular flexibility index (Phi) is 3.92. The number of nitrogens with two attached hydrogens (primary N) is 1. The first kappa shape index (κ1) is 13.2. The zero-order valence-corrected chi connectivity index (χ0v) is 11.1. The number of rotatable bonds is 3. The molecule has 1 amide bonds. The molecule has 0 saturated heterocycles. The first-order valence-electron chi connectivity index (χ1n) is 6.16. The highest BCUT2D eigenvalue weighted by atomic mass is 16.1. The van der Waals surface area contributed by atoms with Crippen molar-refractivity contribution in [2.75, 3.05) is 5.32 Å². The van der Waals surface area contributed by atoms with Crippen LogP contribution in [0.1, 0.15) is 34.6 Å². The van der Waals surface area contributed by atoms with Gasteiger partial charge in [-0.05, 0) is 43.7 Å². The van der Waals surface area contributed by atoms with E-state index in [1.54, 1.807) is 18.3 Å². The number of hydrogen-bond acceptors (Lipinski definition) is 3. The largest absolute Gasteiger partial charge is 0.324 e. The molecular formula is C15H17N3O. The van der Waals surface area contributed by atoms with E-state index in [4.69, 9.17) is 5.73 Å². The summed E-state index contributed by atoms with van der Waals surface area (Å²) < 4.78 is 0. The van der Waals surface area contributed by atoms with Gasteiger partial charge in [0.2, 0.25) is 0 Å². The minimum Gasteiger partial charge on any atom is -0.324 e. The molecule has 2 rings (SSSR count). The van der Waals surface area contributed by atoms with Crippen LogP contribution < -0.4 is 11.1 Å². The van der Waals surface area contributed by atoms with Crippen molar-refractivity contribution in [3.8, 4) is 0 Å². The number of carbonyl (C=O) groups is 1. The fourth-order valence-corrected chi connectivity index (χ4v) is 1.76. The molecule has 1 unspecified atom stereocenters. The summed E-state index contributed by atoms with van der Waals surface area (Å²) in [6.07, 6.45) is 1.63. The van der Waals surface area contributed by atoms with E-state index < -0.39 is 0 Å². The van der Waals surface area contributed by atoms with Crippen LogP contribution in [0.2, 0.25) is 0 Å². The Morgan fingerprint density at radius 2 is 1.95 bits per heavy atom. The number of nitrogens with one attached hydrogen (secondary N) is 1. The van der Waals surface area contributed by atoms with Gasteiger partial charge < -0.3 is 11.1 Å². The molecule has 98 valence electrons. The lowest BCUT2D eigenvalue weighted by molar-refractivity contribution is 0.102. The van der Waals surface area contributed by atoms with Crippen LogP contribution in [0, 0.1) is 6.92 Å². The van der Waals surface area contributed by atoms with Gasteiger partial charge in [-0.15, -0.1) is 0 Å². The predicted molar refractivity (Wildman–Crippen MR) is 76.0 cm³/mol. The molecule has 0 radical (unpaired) electrons. The molecule has 0 spiro atoms. The average Bonchev–Trinajstić information content (AvgIpc) is 2.39.